The number of anilines is 1. The van der Waals surface area contributed by atoms with Crippen molar-refractivity contribution < 1.29 is 9.90 Å². The van der Waals surface area contributed by atoms with Gasteiger partial charge in [-0.1, -0.05) is 23.7 Å². The average molecular weight is 295 g/mol. The number of aromatic carboxylic acids is 1. The smallest absolute Gasteiger partial charge is 0.335 e. The average Bonchev–Trinajstić information content (AvgIpc) is 2.84. The van der Waals surface area contributed by atoms with Crippen LogP contribution in [0.2, 0.25) is 5.15 Å². The Kier molecular flexibility index (Phi) is 3.16. The second-order valence-electron chi connectivity index (χ2n) is 4.37. The molecule has 0 radical (unpaired) electrons. The maximum Gasteiger partial charge on any atom is 0.335 e. The van der Waals surface area contributed by atoms with Crippen LogP contribution >= 0.6 is 22.9 Å². The minimum Gasteiger partial charge on any atom is -0.478 e. The van der Waals surface area contributed by atoms with Gasteiger partial charge in [0.1, 0.15) is 5.15 Å². The molecule has 2 heterocycles. The predicted octanol–water partition coefficient (Wildman–Crippen LogP) is 3.06. The van der Waals surface area contributed by atoms with Crippen LogP contribution in [0.4, 0.5) is 5.13 Å². The zero-order chi connectivity index (χ0) is 13.4. The van der Waals surface area contributed by atoms with Crippen LogP contribution in [0, 0.1) is 0 Å². The van der Waals surface area contributed by atoms with Crippen LogP contribution in [-0.4, -0.2) is 22.6 Å². The summed E-state index contributed by atoms with van der Waals surface area (Å²) in [4.78, 5) is 17.6. The Balaban J connectivity index is 1.92. The van der Waals surface area contributed by atoms with Crippen LogP contribution in [0.1, 0.15) is 21.5 Å². The van der Waals surface area contributed by atoms with E-state index in [1.54, 1.807) is 17.5 Å². The number of carbonyl (C=O) groups is 1. The van der Waals surface area contributed by atoms with E-state index >= 15 is 0 Å². The van der Waals surface area contributed by atoms with Gasteiger partial charge in [0.2, 0.25) is 0 Å². The summed E-state index contributed by atoms with van der Waals surface area (Å²) in [6.07, 6.45) is 0.717. The summed E-state index contributed by atoms with van der Waals surface area (Å²) < 4.78 is 0. The summed E-state index contributed by atoms with van der Waals surface area (Å²) in [5.41, 5.74) is 2.40. The number of fused-ring (bicyclic) bond motifs is 1. The van der Waals surface area contributed by atoms with E-state index in [1.807, 2.05) is 6.07 Å². The van der Waals surface area contributed by atoms with Crippen LogP contribution < -0.4 is 4.90 Å². The van der Waals surface area contributed by atoms with Gasteiger partial charge in [0.25, 0.3) is 0 Å². The molecule has 0 atom stereocenters. The fraction of sp³-hybridized carbons (Fsp3) is 0.231. The van der Waals surface area contributed by atoms with Gasteiger partial charge >= 0.3 is 5.97 Å². The quantitative estimate of drug-likeness (QED) is 0.925. The highest BCUT2D eigenvalue weighted by atomic mass is 35.5. The number of hydrogen-bond donors (Lipinski definition) is 1. The molecule has 1 aliphatic heterocycles. The van der Waals surface area contributed by atoms with Crippen LogP contribution in [0.5, 0.6) is 0 Å². The lowest BCUT2D eigenvalue weighted by Crippen LogP contribution is -2.31. The molecule has 1 N–H and O–H groups in total. The standard InChI is InChI=1S/C13H11ClN2O2S/c14-11-7-19-13(15-11)16-5-4-9-8(6-16)2-1-3-10(9)12(17)18/h1-3,7H,4-6H2,(H,17,18). The van der Waals surface area contributed by atoms with Gasteiger partial charge in [-0.25, -0.2) is 9.78 Å². The molecule has 1 aromatic heterocycles. The Morgan fingerprint density at radius 2 is 2.32 bits per heavy atom. The van der Waals surface area contributed by atoms with Gasteiger partial charge in [0, 0.05) is 18.5 Å². The van der Waals surface area contributed by atoms with E-state index in [9.17, 15) is 9.90 Å². The molecule has 1 aromatic carbocycles. The number of benzene rings is 1. The topological polar surface area (TPSA) is 53.4 Å². The highest BCUT2D eigenvalue weighted by Gasteiger charge is 2.22. The van der Waals surface area contributed by atoms with E-state index < -0.39 is 5.97 Å². The summed E-state index contributed by atoms with van der Waals surface area (Å²) >= 11 is 7.35. The van der Waals surface area contributed by atoms with Crippen molar-refractivity contribution in [1.29, 1.82) is 0 Å². The lowest BCUT2D eigenvalue weighted by atomic mass is 9.95. The summed E-state index contributed by atoms with van der Waals surface area (Å²) in [6.45, 7) is 1.45. The number of hydrogen-bond acceptors (Lipinski definition) is 4. The fourth-order valence-electron chi connectivity index (χ4n) is 2.36. The number of carboxylic acids is 1. The van der Waals surface area contributed by atoms with Gasteiger partial charge in [0.15, 0.2) is 5.13 Å². The molecule has 0 bridgehead atoms. The molecule has 19 heavy (non-hydrogen) atoms. The number of nitrogens with zero attached hydrogens (tertiary/aromatic N) is 2. The first-order valence-electron chi connectivity index (χ1n) is 5.85. The molecule has 1 aliphatic rings. The van der Waals surface area contributed by atoms with Crippen molar-refractivity contribution in [3.63, 3.8) is 0 Å². The Hall–Kier alpha value is -1.59. The molecule has 0 saturated heterocycles. The monoisotopic (exact) mass is 294 g/mol. The minimum absolute atomic E-state index is 0.411. The molecular weight excluding hydrogens is 284 g/mol. The molecule has 0 amide bonds. The molecule has 0 unspecified atom stereocenters. The highest BCUT2D eigenvalue weighted by molar-refractivity contribution is 7.14. The first-order chi connectivity index (χ1) is 9.15. The molecule has 3 rings (SSSR count). The first-order valence-corrected chi connectivity index (χ1v) is 7.11. The van der Waals surface area contributed by atoms with Crippen molar-refractivity contribution in [2.75, 3.05) is 11.4 Å². The largest absolute Gasteiger partial charge is 0.478 e. The molecule has 98 valence electrons. The van der Waals surface area contributed by atoms with Gasteiger partial charge in [-0.3, -0.25) is 0 Å². The molecule has 0 fully saturated rings. The van der Waals surface area contributed by atoms with Crippen molar-refractivity contribution in [2.24, 2.45) is 0 Å². The van der Waals surface area contributed by atoms with Crippen molar-refractivity contribution in [3.8, 4) is 0 Å². The minimum atomic E-state index is -0.859. The van der Waals surface area contributed by atoms with Gasteiger partial charge < -0.3 is 10.0 Å². The number of aromatic nitrogens is 1. The van der Waals surface area contributed by atoms with Crippen molar-refractivity contribution >= 4 is 34.0 Å². The molecule has 0 saturated carbocycles. The van der Waals surface area contributed by atoms with E-state index in [1.165, 1.54) is 11.3 Å². The lowest BCUT2D eigenvalue weighted by molar-refractivity contribution is 0.0695. The van der Waals surface area contributed by atoms with Gasteiger partial charge in [-0.15, -0.1) is 11.3 Å². The summed E-state index contributed by atoms with van der Waals surface area (Å²) in [6, 6.07) is 5.43. The van der Waals surface area contributed by atoms with Crippen LogP contribution in [-0.2, 0) is 13.0 Å². The summed E-state index contributed by atoms with van der Waals surface area (Å²) in [5, 5.41) is 12.4. The highest BCUT2D eigenvalue weighted by Crippen LogP contribution is 2.29. The van der Waals surface area contributed by atoms with E-state index in [2.05, 4.69) is 9.88 Å². The Morgan fingerprint density at radius 3 is 3.00 bits per heavy atom. The molecular formula is C13H11ClN2O2S. The second-order valence-corrected chi connectivity index (χ2v) is 5.60. The zero-order valence-electron chi connectivity index (χ0n) is 9.97. The van der Waals surface area contributed by atoms with Crippen molar-refractivity contribution in [2.45, 2.75) is 13.0 Å². The third-order valence-electron chi connectivity index (χ3n) is 3.23. The van der Waals surface area contributed by atoms with Gasteiger partial charge in [-0.2, -0.15) is 0 Å². The van der Waals surface area contributed by atoms with Gasteiger partial charge in [0.05, 0.1) is 5.56 Å². The Labute approximate surface area is 119 Å². The van der Waals surface area contributed by atoms with Crippen molar-refractivity contribution in [1.82, 2.24) is 4.98 Å². The van der Waals surface area contributed by atoms with Gasteiger partial charge in [-0.05, 0) is 23.6 Å². The van der Waals surface area contributed by atoms with E-state index in [0.717, 1.165) is 29.2 Å². The molecule has 0 spiro atoms. The third-order valence-corrected chi connectivity index (χ3v) is 4.46. The number of rotatable bonds is 2. The maximum atomic E-state index is 11.2. The second kappa shape index (κ2) is 4.83. The normalized spacial score (nSPS) is 14.3. The number of halogens is 1. The SMILES string of the molecule is O=C(O)c1cccc2c1CCN(c1nc(Cl)cs1)C2. The van der Waals surface area contributed by atoms with Crippen LogP contribution in [0.25, 0.3) is 0 Å². The summed E-state index contributed by atoms with van der Waals surface area (Å²) in [7, 11) is 0. The van der Waals surface area contributed by atoms with E-state index in [-0.39, 0.29) is 0 Å². The molecule has 4 nitrogen and oxygen atoms in total. The maximum absolute atomic E-state index is 11.2. The molecule has 6 heteroatoms. The van der Waals surface area contributed by atoms with E-state index in [4.69, 9.17) is 11.6 Å². The fourth-order valence-corrected chi connectivity index (χ4v) is 3.34. The third kappa shape index (κ3) is 2.31. The number of carboxylic acid groups (broad SMARTS) is 1. The molecule has 0 aliphatic carbocycles. The summed E-state index contributed by atoms with van der Waals surface area (Å²) in [5.74, 6) is -0.859. The van der Waals surface area contributed by atoms with E-state index in [0.29, 0.717) is 17.3 Å². The number of thiazole rings is 1. The lowest BCUT2D eigenvalue weighted by Gasteiger charge is -2.29. The predicted molar refractivity (Wildman–Crippen MR) is 75.3 cm³/mol. The Morgan fingerprint density at radius 1 is 1.47 bits per heavy atom. The van der Waals surface area contributed by atoms with Crippen LogP contribution in [0.3, 0.4) is 0 Å². The zero-order valence-corrected chi connectivity index (χ0v) is 11.5. The Bertz CT molecular complexity index is 641. The van der Waals surface area contributed by atoms with Crippen LogP contribution in [0.15, 0.2) is 23.6 Å². The van der Waals surface area contributed by atoms with Crippen molar-refractivity contribution in [3.05, 3.63) is 45.4 Å². The molecule has 2 aromatic rings. The first kappa shape index (κ1) is 12.4.